The van der Waals surface area contributed by atoms with E-state index in [1.165, 1.54) is 11.3 Å². The van der Waals surface area contributed by atoms with Crippen molar-refractivity contribution in [2.75, 3.05) is 26.2 Å². The molecular formula is C16H24ClN3O2S. The first-order chi connectivity index (χ1) is 10.6. The van der Waals surface area contributed by atoms with E-state index in [4.69, 9.17) is 5.73 Å². The second-order valence-corrected chi connectivity index (χ2v) is 7.17. The van der Waals surface area contributed by atoms with Gasteiger partial charge in [0.2, 0.25) is 5.91 Å². The first kappa shape index (κ1) is 18.2. The third-order valence-electron chi connectivity index (χ3n) is 4.67. The van der Waals surface area contributed by atoms with Crippen molar-refractivity contribution in [3.8, 4) is 0 Å². The molecule has 2 amide bonds. The topological polar surface area (TPSA) is 66.6 Å². The van der Waals surface area contributed by atoms with Crippen LogP contribution in [-0.2, 0) is 4.79 Å². The van der Waals surface area contributed by atoms with E-state index >= 15 is 0 Å². The molecule has 3 rings (SSSR count). The quantitative estimate of drug-likeness (QED) is 0.880. The Kier molecular flexibility index (Phi) is 6.44. The Morgan fingerprint density at radius 1 is 1.13 bits per heavy atom. The van der Waals surface area contributed by atoms with E-state index in [0.29, 0.717) is 26.2 Å². The van der Waals surface area contributed by atoms with E-state index in [-0.39, 0.29) is 36.2 Å². The zero-order valence-electron chi connectivity index (χ0n) is 13.1. The molecule has 0 bridgehead atoms. The number of amides is 2. The van der Waals surface area contributed by atoms with Crippen LogP contribution >= 0.6 is 23.7 Å². The van der Waals surface area contributed by atoms with Crippen molar-refractivity contribution in [3.05, 3.63) is 22.4 Å². The van der Waals surface area contributed by atoms with Gasteiger partial charge in [0.05, 0.1) is 4.88 Å². The minimum Gasteiger partial charge on any atom is -0.339 e. The Bertz CT molecular complexity index is 529. The van der Waals surface area contributed by atoms with E-state index in [1.54, 1.807) is 0 Å². The molecule has 7 heteroatoms. The van der Waals surface area contributed by atoms with Crippen LogP contribution in [-0.4, -0.2) is 53.8 Å². The lowest BCUT2D eigenvalue weighted by molar-refractivity contribution is -0.138. The molecule has 2 unspecified atom stereocenters. The van der Waals surface area contributed by atoms with E-state index in [1.807, 2.05) is 27.3 Å². The molecule has 128 valence electrons. The van der Waals surface area contributed by atoms with E-state index in [0.717, 1.165) is 30.6 Å². The summed E-state index contributed by atoms with van der Waals surface area (Å²) >= 11 is 1.47. The van der Waals surface area contributed by atoms with Gasteiger partial charge < -0.3 is 15.5 Å². The standard InChI is InChI=1S/C16H23N3O2S.ClH/c17-13-4-1-3-12(11-13)15(20)18-6-8-19(9-7-18)16(21)14-5-2-10-22-14;/h2,5,10,12-13H,1,3-4,6-9,11,17H2;1H. The molecule has 1 aromatic heterocycles. The van der Waals surface area contributed by atoms with Crippen LogP contribution in [0.3, 0.4) is 0 Å². The monoisotopic (exact) mass is 357 g/mol. The first-order valence-corrected chi connectivity index (χ1v) is 8.90. The van der Waals surface area contributed by atoms with Crippen molar-refractivity contribution < 1.29 is 9.59 Å². The fourth-order valence-corrected chi connectivity index (χ4v) is 4.09. The van der Waals surface area contributed by atoms with Gasteiger partial charge in [-0.1, -0.05) is 12.5 Å². The minimum absolute atomic E-state index is 0. The molecule has 0 radical (unpaired) electrons. The predicted molar refractivity (Wildman–Crippen MR) is 94.0 cm³/mol. The van der Waals surface area contributed by atoms with Crippen LogP contribution in [0.25, 0.3) is 0 Å². The Hall–Kier alpha value is -1.11. The summed E-state index contributed by atoms with van der Waals surface area (Å²) in [7, 11) is 0. The van der Waals surface area contributed by atoms with Crippen LogP contribution in [0.1, 0.15) is 35.4 Å². The number of thiophene rings is 1. The molecule has 5 nitrogen and oxygen atoms in total. The summed E-state index contributed by atoms with van der Waals surface area (Å²) in [5.74, 6) is 0.406. The van der Waals surface area contributed by atoms with Crippen molar-refractivity contribution in [2.24, 2.45) is 11.7 Å². The Balaban J connectivity index is 0.00000192. The average molecular weight is 358 g/mol. The molecule has 1 aliphatic carbocycles. The second-order valence-electron chi connectivity index (χ2n) is 6.22. The van der Waals surface area contributed by atoms with Gasteiger partial charge in [-0.2, -0.15) is 0 Å². The normalized spacial score (nSPS) is 24.9. The SMILES string of the molecule is Cl.NC1CCCC(C(=O)N2CCN(C(=O)c3cccs3)CC2)C1. The number of rotatable bonds is 2. The van der Waals surface area contributed by atoms with Crippen molar-refractivity contribution in [1.82, 2.24) is 9.80 Å². The van der Waals surface area contributed by atoms with Gasteiger partial charge in [-0.25, -0.2) is 0 Å². The Labute approximate surface area is 147 Å². The number of carbonyl (C=O) groups is 2. The van der Waals surface area contributed by atoms with Crippen LogP contribution in [0.5, 0.6) is 0 Å². The third kappa shape index (κ3) is 4.25. The predicted octanol–water partition coefficient (Wildman–Crippen LogP) is 1.97. The molecule has 2 fully saturated rings. The molecule has 0 spiro atoms. The van der Waals surface area contributed by atoms with Crippen molar-refractivity contribution >= 4 is 35.6 Å². The molecule has 2 heterocycles. The zero-order valence-corrected chi connectivity index (χ0v) is 14.8. The summed E-state index contributed by atoms with van der Waals surface area (Å²) in [4.78, 5) is 29.4. The molecule has 2 aliphatic rings. The smallest absolute Gasteiger partial charge is 0.264 e. The zero-order chi connectivity index (χ0) is 15.5. The average Bonchev–Trinajstić information content (AvgIpc) is 3.08. The number of nitrogens with zero attached hydrogens (tertiary/aromatic N) is 2. The van der Waals surface area contributed by atoms with Gasteiger partial charge in [0.15, 0.2) is 0 Å². The lowest BCUT2D eigenvalue weighted by atomic mass is 9.85. The molecule has 2 atom stereocenters. The Morgan fingerprint density at radius 2 is 1.83 bits per heavy atom. The highest BCUT2D eigenvalue weighted by Gasteiger charge is 2.31. The van der Waals surface area contributed by atoms with Gasteiger partial charge in [0.1, 0.15) is 0 Å². The van der Waals surface area contributed by atoms with E-state index < -0.39 is 0 Å². The molecule has 1 aromatic rings. The summed E-state index contributed by atoms with van der Waals surface area (Å²) < 4.78 is 0. The van der Waals surface area contributed by atoms with Crippen LogP contribution in [0, 0.1) is 5.92 Å². The number of carbonyl (C=O) groups excluding carboxylic acids is 2. The largest absolute Gasteiger partial charge is 0.339 e. The van der Waals surface area contributed by atoms with Crippen LogP contribution in [0.15, 0.2) is 17.5 Å². The molecule has 1 aliphatic heterocycles. The third-order valence-corrected chi connectivity index (χ3v) is 5.53. The Morgan fingerprint density at radius 3 is 2.43 bits per heavy atom. The van der Waals surface area contributed by atoms with Crippen LogP contribution in [0.2, 0.25) is 0 Å². The maximum absolute atomic E-state index is 12.6. The summed E-state index contributed by atoms with van der Waals surface area (Å²) in [6.45, 7) is 2.53. The number of hydrogen-bond acceptors (Lipinski definition) is 4. The lowest BCUT2D eigenvalue weighted by Gasteiger charge is -2.37. The summed E-state index contributed by atoms with van der Waals surface area (Å²) in [5, 5.41) is 1.92. The number of hydrogen-bond donors (Lipinski definition) is 1. The molecule has 1 saturated heterocycles. The highest BCUT2D eigenvalue weighted by molar-refractivity contribution is 7.12. The van der Waals surface area contributed by atoms with Gasteiger partial charge in [-0.3, -0.25) is 9.59 Å². The van der Waals surface area contributed by atoms with Gasteiger partial charge in [-0.15, -0.1) is 23.7 Å². The summed E-state index contributed by atoms with van der Waals surface area (Å²) in [5.41, 5.74) is 5.99. The summed E-state index contributed by atoms with van der Waals surface area (Å²) in [6, 6.07) is 3.92. The van der Waals surface area contributed by atoms with Gasteiger partial charge >= 0.3 is 0 Å². The van der Waals surface area contributed by atoms with Crippen molar-refractivity contribution in [2.45, 2.75) is 31.7 Å². The molecular weight excluding hydrogens is 334 g/mol. The molecule has 23 heavy (non-hydrogen) atoms. The van der Waals surface area contributed by atoms with Gasteiger partial charge in [-0.05, 0) is 30.7 Å². The highest BCUT2D eigenvalue weighted by atomic mass is 35.5. The molecule has 2 N–H and O–H groups in total. The van der Waals surface area contributed by atoms with Gasteiger partial charge in [0.25, 0.3) is 5.91 Å². The first-order valence-electron chi connectivity index (χ1n) is 8.02. The molecule has 0 aromatic carbocycles. The van der Waals surface area contributed by atoms with Crippen LogP contribution in [0.4, 0.5) is 0 Å². The van der Waals surface area contributed by atoms with Gasteiger partial charge in [0, 0.05) is 38.1 Å². The minimum atomic E-state index is 0. The second kappa shape index (κ2) is 8.13. The number of piperazine rings is 1. The fraction of sp³-hybridized carbons (Fsp3) is 0.625. The number of halogens is 1. The van der Waals surface area contributed by atoms with Crippen molar-refractivity contribution in [3.63, 3.8) is 0 Å². The van der Waals surface area contributed by atoms with E-state index in [9.17, 15) is 9.59 Å². The van der Waals surface area contributed by atoms with E-state index in [2.05, 4.69) is 0 Å². The number of nitrogens with two attached hydrogens (primary N) is 1. The molecule has 1 saturated carbocycles. The lowest BCUT2D eigenvalue weighted by Crippen LogP contribution is -2.52. The maximum atomic E-state index is 12.6. The fourth-order valence-electron chi connectivity index (χ4n) is 3.40. The summed E-state index contributed by atoms with van der Waals surface area (Å²) in [6.07, 6.45) is 3.86. The maximum Gasteiger partial charge on any atom is 0.264 e. The van der Waals surface area contributed by atoms with Crippen molar-refractivity contribution in [1.29, 1.82) is 0 Å². The van der Waals surface area contributed by atoms with Crippen LogP contribution < -0.4 is 5.73 Å². The highest BCUT2D eigenvalue weighted by Crippen LogP contribution is 2.25.